The van der Waals surface area contributed by atoms with Crippen LogP contribution in [0.1, 0.15) is 24.6 Å². The molecule has 4 heteroatoms. The fraction of sp³-hybridized carbons (Fsp3) is 0.545. The van der Waals surface area contributed by atoms with E-state index >= 15 is 0 Å². The Bertz CT molecular complexity index is 382. The molecule has 0 bridgehead atoms. The van der Waals surface area contributed by atoms with Crippen LogP contribution in [-0.2, 0) is 11.2 Å². The second-order valence-electron chi connectivity index (χ2n) is 4.35. The van der Waals surface area contributed by atoms with Crippen LogP contribution in [-0.4, -0.2) is 11.3 Å². The van der Waals surface area contributed by atoms with Crippen LogP contribution in [0.15, 0.2) is 15.9 Å². The van der Waals surface area contributed by atoms with Gasteiger partial charge in [-0.15, -0.1) is 11.3 Å². The zero-order valence-electron chi connectivity index (χ0n) is 8.63. The van der Waals surface area contributed by atoms with Crippen molar-refractivity contribution in [2.45, 2.75) is 31.7 Å². The number of rotatable bonds is 4. The normalized spacial score (nSPS) is 19.9. The standard InChI is InChI=1S/C11H14BrNOS/c1-11(13,7-2-3-7)10(14)6-9-8(12)4-5-15-9/h4-5,7H,2-3,6,13H2,1H3. The minimum Gasteiger partial charge on any atom is -0.319 e. The maximum atomic E-state index is 12.0. The summed E-state index contributed by atoms with van der Waals surface area (Å²) >= 11 is 5.03. The molecule has 1 aliphatic carbocycles. The second-order valence-corrected chi connectivity index (χ2v) is 6.20. The molecule has 0 aromatic carbocycles. The number of halogens is 1. The van der Waals surface area contributed by atoms with Gasteiger partial charge in [0.05, 0.1) is 5.54 Å². The van der Waals surface area contributed by atoms with Crippen LogP contribution in [0.2, 0.25) is 0 Å². The van der Waals surface area contributed by atoms with Gasteiger partial charge in [-0.1, -0.05) is 0 Å². The minimum absolute atomic E-state index is 0.160. The van der Waals surface area contributed by atoms with Gasteiger partial charge in [-0.3, -0.25) is 4.79 Å². The summed E-state index contributed by atoms with van der Waals surface area (Å²) in [5.74, 6) is 0.567. The van der Waals surface area contributed by atoms with Gasteiger partial charge in [0.25, 0.3) is 0 Å². The van der Waals surface area contributed by atoms with Gasteiger partial charge in [0.1, 0.15) is 0 Å². The van der Waals surface area contributed by atoms with E-state index in [9.17, 15) is 4.79 Å². The van der Waals surface area contributed by atoms with Crippen molar-refractivity contribution in [2.24, 2.45) is 11.7 Å². The van der Waals surface area contributed by atoms with E-state index in [1.807, 2.05) is 18.4 Å². The molecule has 0 saturated heterocycles. The molecule has 0 spiro atoms. The van der Waals surface area contributed by atoms with E-state index in [1.165, 1.54) is 0 Å². The molecule has 1 saturated carbocycles. The van der Waals surface area contributed by atoms with Gasteiger partial charge in [0.2, 0.25) is 0 Å². The number of nitrogens with two attached hydrogens (primary N) is 1. The van der Waals surface area contributed by atoms with Crippen LogP contribution in [0, 0.1) is 5.92 Å². The molecule has 82 valence electrons. The molecule has 0 amide bonds. The zero-order valence-corrected chi connectivity index (χ0v) is 11.0. The predicted octanol–water partition coefficient (Wildman–Crippen LogP) is 2.75. The number of Topliss-reactive ketones (excluding diaryl/α,β-unsaturated/α-hetero) is 1. The van der Waals surface area contributed by atoms with Crippen molar-refractivity contribution in [2.75, 3.05) is 0 Å². The lowest BCUT2D eigenvalue weighted by molar-refractivity contribution is -0.123. The molecule has 2 rings (SSSR count). The van der Waals surface area contributed by atoms with E-state index in [2.05, 4.69) is 15.9 Å². The first-order valence-corrected chi connectivity index (χ1v) is 6.73. The van der Waals surface area contributed by atoms with Gasteiger partial charge in [0.15, 0.2) is 5.78 Å². The van der Waals surface area contributed by atoms with E-state index in [-0.39, 0.29) is 5.78 Å². The lowest BCUT2D eigenvalue weighted by atomic mass is 9.90. The summed E-state index contributed by atoms with van der Waals surface area (Å²) < 4.78 is 1.02. The highest BCUT2D eigenvalue weighted by atomic mass is 79.9. The Labute approximate surface area is 102 Å². The Morgan fingerprint density at radius 3 is 2.87 bits per heavy atom. The third kappa shape index (κ3) is 2.32. The predicted molar refractivity (Wildman–Crippen MR) is 66.0 cm³/mol. The van der Waals surface area contributed by atoms with Crippen molar-refractivity contribution in [3.05, 3.63) is 20.8 Å². The van der Waals surface area contributed by atoms with Gasteiger partial charge in [0, 0.05) is 15.8 Å². The van der Waals surface area contributed by atoms with E-state index in [1.54, 1.807) is 11.3 Å². The Kier molecular flexibility index (Phi) is 3.01. The molecule has 1 atom stereocenters. The summed E-state index contributed by atoms with van der Waals surface area (Å²) in [6, 6.07) is 1.97. The zero-order chi connectivity index (χ0) is 11.1. The topological polar surface area (TPSA) is 43.1 Å². The van der Waals surface area contributed by atoms with Crippen molar-refractivity contribution in [3.63, 3.8) is 0 Å². The third-order valence-electron chi connectivity index (χ3n) is 3.04. The van der Waals surface area contributed by atoms with Crippen molar-refractivity contribution in [1.82, 2.24) is 0 Å². The Morgan fingerprint density at radius 2 is 2.40 bits per heavy atom. The van der Waals surface area contributed by atoms with Crippen LogP contribution in [0.25, 0.3) is 0 Å². The first-order valence-electron chi connectivity index (χ1n) is 5.06. The largest absolute Gasteiger partial charge is 0.319 e. The number of carbonyl (C=O) groups excluding carboxylic acids is 1. The molecule has 0 aliphatic heterocycles. The highest BCUT2D eigenvalue weighted by molar-refractivity contribution is 9.10. The highest BCUT2D eigenvalue weighted by Gasteiger charge is 2.43. The van der Waals surface area contributed by atoms with Crippen LogP contribution in [0.5, 0.6) is 0 Å². The first-order chi connectivity index (χ1) is 7.01. The Morgan fingerprint density at radius 1 is 1.73 bits per heavy atom. The average Bonchev–Trinajstić information content (AvgIpc) is 2.94. The number of hydrogen-bond donors (Lipinski definition) is 1. The van der Waals surface area contributed by atoms with Gasteiger partial charge in [-0.25, -0.2) is 0 Å². The van der Waals surface area contributed by atoms with Crippen molar-refractivity contribution in [1.29, 1.82) is 0 Å². The molecule has 2 N–H and O–H groups in total. The van der Waals surface area contributed by atoms with E-state index in [4.69, 9.17) is 5.73 Å². The molecule has 0 radical (unpaired) electrons. The van der Waals surface area contributed by atoms with Crippen molar-refractivity contribution < 1.29 is 4.79 Å². The Hall–Kier alpha value is -0.190. The maximum absolute atomic E-state index is 12.0. The summed E-state index contributed by atoms with van der Waals surface area (Å²) in [5.41, 5.74) is 5.45. The van der Waals surface area contributed by atoms with E-state index < -0.39 is 5.54 Å². The number of carbonyl (C=O) groups is 1. The van der Waals surface area contributed by atoms with Gasteiger partial charge in [-0.2, -0.15) is 0 Å². The molecule has 1 aromatic rings. The summed E-state index contributed by atoms with van der Waals surface area (Å²) in [6.45, 7) is 1.87. The number of thiophene rings is 1. The molecule has 1 aromatic heterocycles. The average molecular weight is 288 g/mol. The molecule has 1 unspecified atom stereocenters. The molecule has 15 heavy (non-hydrogen) atoms. The molecule has 1 aliphatic rings. The summed E-state index contributed by atoms with van der Waals surface area (Å²) in [4.78, 5) is 13.1. The molecule has 1 fully saturated rings. The van der Waals surface area contributed by atoms with Gasteiger partial charge < -0.3 is 5.73 Å². The van der Waals surface area contributed by atoms with E-state index in [0.717, 1.165) is 22.2 Å². The maximum Gasteiger partial charge on any atom is 0.157 e. The van der Waals surface area contributed by atoms with Gasteiger partial charge in [-0.05, 0) is 53.1 Å². The summed E-state index contributed by atoms with van der Waals surface area (Å²) in [5, 5.41) is 1.98. The molecule has 1 heterocycles. The first kappa shape index (κ1) is 11.3. The van der Waals surface area contributed by atoms with Crippen LogP contribution in [0.4, 0.5) is 0 Å². The van der Waals surface area contributed by atoms with Crippen molar-refractivity contribution in [3.8, 4) is 0 Å². The number of ketones is 1. The third-order valence-corrected chi connectivity index (χ3v) is 4.96. The lowest BCUT2D eigenvalue weighted by Crippen LogP contribution is -2.47. The highest BCUT2D eigenvalue weighted by Crippen LogP contribution is 2.39. The van der Waals surface area contributed by atoms with Crippen LogP contribution < -0.4 is 5.73 Å². The summed E-state index contributed by atoms with van der Waals surface area (Å²) in [7, 11) is 0. The molecular formula is C11H14BrNOS. The van der Waals surface area contributed by atoms with Crippen LogP contribution >= 0.6 is 27.3 Å². The molecule has 2 nitrogen and oxygen atoms in total. The number of hydrogen-bond acceptors (Lipinski definition) is 3. The SMILES string of the molecule is CC(N)(C(=O)Cc1sccc1Br)C1CC1. The molecular weight excluding hydrogens is 274 g/mol. The van der Waals surface area contributed by atoms with E-state index in [0.29, 0.717) is 12.3 Å². The smallest absolute Gasteiger partial charge is 0.157 e. The fourth-order valence-corrected chi connectivity index (χ4v) is 3.19. The van der Waals surface area contributed by atoms with Crippen molar-refractivity contribution >= 4 is 33.0 Å². The lowest BCUT2D eigenvalue weighted by Gasteiger charge is -2.22. The van der Waals surface area contributed by atoms with Crippen LogP contribution in [0.3, 0.4) is 0 Å². The monoisotopic (exact) mass is 287 g/mol. The second kappa shape index (κ2) is 4.00. The van der Waals surface area contributed by atoms with Gasteiger partial charge >= 0.3 is 0 Å². The minimum atomic E-state index is -0.622. The quantitative estimate of drug-likeness (QED) is 0.925. The summed E-state index contributed by atoms with van der Waals surface area (Å²) in [6.07, 6.45) is 2.66. The fourth-order valence-electron chi connectivity index (χ4n) is 1.70. The Balaban J connectivity index is 2.06.